The summed E-state index contributed by atoms with van der Waals surface area (Å²) in [7, 11) is 0. The van der Waals surface area contributed by atoms with Crippen LogP contribution in [0.3, 0.4) is 0 Å². The molecule has 0 fully saturated rings. The second kappa shape index (κ2) is 7.56. The highest BCUT2D eigenvalue weighted by molar-refractivity contribution is 5.64. The Morgan fingerprint density at radius 3 is 2.31 bits per heavy atom. The quantitative estimate of drug-likeness (QED) is 0.645. The first-order valence-corrected chi connectivity index (χ1v) is 9.01. The number of nitrogens with one attached hydrogen (secondary N) is 1. The minimum absolute atomic E-state index is 0.0545. The molecule has 0 aliphatic carbocycles. The molecular formula is C22H26N4. The Labute approximate surface area is 155 Å². The van der Waals surface area contributed by atoms with E-state index >= 15 is 0 Å². The van der Waals surface area contributed by atoms with Crippen LogP contribution in [0.2, 0.25) is 0 Å². The van der Waals surface area contributed by atoms with Gasteiger partial charge < -0.3 is 10.2 Å². The van der Waals surface area contributed by atoms with Gasteiger partial charge in [-0.25, -0.2) is 4.98 Å². The summed E-state index contributed by atoms with van der Waals surface area (Å²) in [6.07, 6.45) is 1.80. The lowest BCUT2D eigenvalue weighted by molar-refractivity contribution is 0.592. The van der Waals surface area contributed by atoms with E-state index < -0.39 is 0 Å². The highest BCUT2D eigenvalue weighted by Gasteiger charge is 2.18. The van der Waals surface area contributed by atoms with Gasteiger partial charge in [-0.3, -0.25) is 0 Å². The van der Waals surface area contributed by atoms with E-state index in [4.69, 9.17) is 4.98 Å². The maximum atomic E-state index is 4.74. The van der Waals surface area contributed by atoms with Crippen molar-refractivity contribution in [2.24, 2.45) is 0 Å². The summed E-state index contributed by atoms with van der Waals surface area (Å²) in [5, 5.41) is 3.47. The molecule has 26 heavy (non-hydrogen) atoms. The van der Waals surface area contributed by atoms with Crippen LogP contribution >= 0.6 is 0 Å². The van der Waals surface area contributed by atoms with Gasteiger partial charge in [0.05, 0.1) is 0 Å². The zero-order valence-electron chi connectivity index (χ0n) is 15.9. The SMILES string of the molecule is CCN(c1ccccc1)c1nccc(Nc2ccccc2C(C)(C)C)n1. The summed E-state index contributed by atoms with van der Waals surface area (Å²) >= 11 is 0. The molecule has 1 heterocycles. The molecule has 0 aliphatic rings. The minimum atomic E-state index is 0.0545. The van der Waals surface area contributed by atoms with Crippen LogP contribution in [0.15, 0.2) is 66.9 Å². The van der Waals surface area contributed by atoms with E-state index in [0.29, 0.717) is 5.95 Å². The number of hydrogen-bond acceptors (Lipinski definition) is 4. The maximum absolute atomic E-state index is 4.74. The number of anilines is 4. The van der Waals surface area contributed by atoms with Gasteiger partial charge in [0.2, 0.25) is 5.95 Å². The largest absolute Gasteiger partial charge is 0.340 e. The molecule has 3 rings (SSSR count). The molecule has 0 saturated carbocycles. The predicted octanol–water partition coefficient (Wildman–Crippen LogP) is 5.68. The Morgan fingerprint density at radius 2 is 1.62 bits per heavy atom. The van der Waals surface area contributed by atoms with Gasteiger partial charge in [-0.2, -0.15) is 4.98 Å². The van der Waals surface area contributed by atoms with E-state index in [1.807, 2.05) is 30.3 Å². The van der Waals surface area contributed by atoms with Crippen molar-refractivity contribution in [1.29, 1.82) is 0 Å². The van der Waals surface area contributed by atoms with E-state index in [0.717, 1.165) is 23.7 Å². The Bertz CT molecular complexity index is 853. The molecule has 0 bridgehead atoms. The molecule has 1 N–H and O–H groups in total. The molecule has 4 heteroatoms. The lowest BCUT2D eigenvalue weighted by Crippen LogP contribution is -2.19. The van der Waals surface area contributed by atoms with Gasteiger partial charge in [-0.15, -0.1) is 0 Å². The third kappa shape index (κ3) is 4.02. The van der Waals surface area contributed by atoms with E-state index in [9.17, 15) is 0 Å². The number of para-hydroxylation sites is 2. The lowest BCUT2D eigenvalue weighted by atomic mass is 9.86. The fraction of sp³-hybridized carbons (Fsp3) is 0.273. The molecule has 134 valence electrons. The minimum Gasteiger partial charge on any atom is -0.340 e. The lowest BCUT2D eigenvalue weighted by Gasteiger charge is -2.24. The zero-order valence-corrected chi connectivity index (χ0v) is 15.9. The Kier molecular flexibility index (Phi) is 5.21. The molecule has 0 unspecified atom stereocenters. The molecule has 0 saturated heterocycles. The van der Waals surface area contributed by atoms with Gasteiger partial charge in [-0.05, 0) is 42.2 Å². The second-order valence-electron chi connectivity index (χ2n) is 7.24. The van der Waals surface area contributed by atoms with Gasteiger partial charge in [0.1, 0.15) is 5.82 Å². The Hall–Kier alpha value is -2.88. The molecule has 0 aliphatic heterocycles. The van der Waals surface area contributed by atoms with Crippen molar-refractivity contribution < 1.29 is 0 Å². The Balaban J connectivity index is 1.92. The molecule has 1 aromatic heterocycles. The molecule has 0 atom stereocenters. The van der Waals surface area contributed by atoms with Crippen LogP contribution in [0.5, 0.6) is 0 Å². The highest BCUT2D eigenvalue weighted by atomic mass is 15.3. The molecule has 4 nitrogen and oxygen atoms in total. The van der Waals surface area contributed by atoms with Gasteiger partial charge in [0, 0.05) is 24.1 Å². The normalized spacial score (nSPS) is 11.2. The van der Waals surface area contributed by atoms with Crippen LogP contribution in [-0.4, -0.2) is 16.5 Å². The summed E-state index contributed by atoms with van der Waals surface area (Å²) in [5.41, 5.74) is 3.48. The summed E-state index contributed by atoms with van der Waals surface area (Å²) in [5.74, 6) is 1.48. The van der Waals surface area contributed by atoms with Crippen LogP contribution in [0.25, 0.3) is 0 Å². The van der Waals surface area contributed by atoms with Crippen molar-refractivity contribution in [3.8, 4) is 0 Å². The maximum Gasteiger partial charge on any atom is 0.231 e. The van der Waals surface area contributed by atoms with Crippen LogP contribution in [0, 0.1) is 0 Å². The summed E-state index contributed by atoms with van der Waals surface area (Å²) in [4.78, 5) is 11.3. The number of hydrogen-bond donors (Lipinski definition) is 1. The van der Waals surface area contributed by atoms with E-state index in [1.165, 1.54) is 5.56 Å². The summed E-state index contributed by atoms with van der Waals surface area (Å²) in [6.45, 7) is 9.55. The van der Waals surface area contributed by atoms with Gasteiger partial charge in [0.25, 0.3) is 0 Å². The van der Waals surface area contributed by atoms with Crippen LogP contribution in [0.4, 0.5) is 23.1 Å². The number of rotatable bonds is 5. The van der Waals surface area contributed by atoms with Crippen LogP contribution in [-0.2, 0) is 5.41 Å². The van der Waals surface area contributed by atoms with Crippen molar-refractivity contribution in [3.63, 3.8) is 0 Å². The van der Waals surface area contributed by atoms with Gasteiger partial charge in [0.15, 0.2) is 0 Å². The monoisotopic (exact) mass is 346 g/mol. The van der Waals surface area contributed by atoms with E-state index in [2.05, 4.69) is 73.2 Å². The average Bonchev–Trinajstić information content (AvgIpc) is 2.63. The third-order valence-corrected chi connectivity index (χ3v) is 4.27. The molecular weight excluding hydrogens is 320 g/mol. The first-order chi connectivity index (χ1) is 12.5. The van der Waals surface area contributed by atoms with Crippen molar-refractivity contribution >= 4 is 23.1 Å². The topological polar surface area (TPSA) is 41.1 Å². The smallest absolute Gasteiger partial charge is 0.231 e. The van der Waals surface area contributed by atoms with Crippen molar-refractivity contribution in [2.75, 3.05) is 16.8 Å². The van der Waals surface area contributed by atoms with Gasteiger partial charge in [-0.1, -0.05) is 57.2 Å². The number of benzene rings is 2. The molecule has 3 aromatic rings. The Morgan fingerprint density at radius 1 is 0.923 bits per heavy atom. The molecule has 0 spiro atoms. The summed E-state index contributed by atoms with van der Waals surface area (Å²) in [6, 6.07) is 20.5. The van der Waals surface area contributed by atoms with Crippen molar-refractivity contribution in [1.82, 2.24) is 9.97 Å². The number of aromatic nitrogens is 2. The molecule has 0 amide bonds. The zero-order chi connectivity index (χ0) is 18.6. The van der Waals surface area contributed by atoms with Gasteiger partial charge >= 0.3 is 0 Å². The van der Waals surface area contributed by atoms with Crippen molar-refractivity contribution in [3.05, 3.63) is 72.4 Å². The van der Waals surface area contributed by atoms with E-state index in [-0.39, 0.29) is 5.41 Å². The van der Waals surface area contributed by atoms with E-state index in [1.54, 1.807) is 6.20 Å². The van der Waals surface area contributed by atoms with Crippen molar-refractivity contribution in [2.45, 2.75) is 33.1 Å². The number of nitrogens with zero attached hydrogens (tertiary/aromatic N) is 3. The first kappa shape index (κ1) is 17.9. The molecule has 2 aromatic carbocycles. The first-order valence-electron chi connectivity index (χ1n) is 9.01. The van der Waals surface area contributed by atoms with Crippen LogP contribution in [0.1, 0.15) is 33.3 Å². The summed E-state index contributed by atoms with van der Waals surface area (Å²) < 4.78 is 0. The fourth-order valence-electron chi connectivity index (χ4n) is 2.98. The van der Waals surface area contributed by atoms with Crippen LogP contribution < -0.4 is 10.2 Å². The average molecular weight is 346 g/mol. The molecule has 0 radical (unpaired) electrons. The fourth-order valence-corrected chi connectivity index (χ4v) is 2.98. The third-order valence-electron chi connectivity index (χ3n) is 4.27. The predicted molar refractivity (Wildman–Crippen MR) is 110 cm³/mol. The standard InChI is InChI=1S/C22H26N4/c1-5-26(17-11-7-6-8-12-17)21-23-16-15-20(25-21)24-19-14-10-9-13-18(19)22(2,3)4/h6-16H,5H2,1-4H3,(H,23,24,25). The second-order valence-corrected chi connectivity index (χ2v) is 7.24. The highest BCUT2D eigenvalue weighted by Crippen LogP contribution is 2.31.